The van der Waals surface area contributed by atoms with Crippen LogP contribution in [0.2, 0.25) is 0 Å². The Hall–Kier alpha value is -1.03. The fourth-order valence-electron chi connectivity index (χ4n) is 1.32. The monoisotopic (exact) mass is 197 g/mol. The fourth-order valence-corrected chi connectivity index (χ4v) is 1.32. The van der Waals surface area contributed by atoms with Gasteiger partial charge in [-0.1, -0.05) is 20.8 Å². The average molecular weight is 197 g/mol. The van der Waals surface area contributed by atoms with Crippen LogP contribution in [0.4, 0.5) is 5.82 Å². The molecule has 3 N–H and O–H groups in total. The second-order valence-electron chi connectivity index (χ2n) is 4.75. The van der Waals surface area contributed by atoms with Crippen molar-refractivity contribution in [3.8, 4) is 0 Å². The van der Waals surface area contributed by atoms with E-state index < -0.39 is 0 Å². The van der Waals surface area contributed by atoms with E-state index in [9.17, 15) is 0 Å². The number of nitrogen functional groups attached to an aromatic ring is 1. The lowest BCUT2D eigenvalue weighted by Gasteiger charge is -2.18. The fraction of sp³-hybridized carbons (Fsp3) is 0.700. The Kier molecular flexibility index (Phi) is 3.16. The SMILES string of the molecule is CC(C)(C)Cn1ncc(CCO)c1N. The highest BCUT2D eigenvalue weighted by atomic mass is 16.2. The molecular formula is C10H19N3O. The first-order chi connectivity index (χ1) is 6.44. The van der Waals surface area contributed by atoms with E-state index in [0.29, 0.717) is 12.2 Å². The first-order valence-electron chi connectivity index (χ1n) is 4.85. The molecule has 0 aromatic carbocycles. The minimum absolute atomic E-state index is 0.116. The molecule has 0 aliphatic rings. The van der Waals surface area contributed by atoms with Crippen molar-refractivity contribution in [3.63, 3.8) is 0 Å². The summed E-state index contributed by atoms with van der Waals surface area (Å²) in [7, 11) is 0. The molecule has 80 valence electrons. The molecule has 0 radical (unpaired) electrons. The van der Waals surface area contributed by atoms with Crippen molar-refractivity contribution in [2.24, 2.45) is 5.41 Å². The highest BCUT2D eigenvalue weighted by Crippen LogP contribution is 2.20. The first kappa shape index (κ1) is 11.0. The highest BCUT2D eigenvalue weighted by molar-refractivity contribution is 5.38. The largest absolute Gasteiger partial charge is 0.396 e. The molecule has 4 nitrogen and oxygen atoms in total. The third-order valence-corrected chi connectivity index (χ3v) is 1.97. The second-order valence-corrected chi connectivity index (χ2v) is 4.75. The zero-order valence-corrected chi connectivity index (χ0v) is 9.12. The molecule has 0 fully saturated rings. The molecule has 0 aliphatic carbocycles. The number of hydrogen-bond donors (Lipinski definition) is 2. The summed E-state index contributed by atoms with van der Waals surface area (Å²) < 4.78 is 1.80. The van der Waals surface area contributed by atoms with Gasteiger partial charge in [0.1, 0.15) is 5.82 Å². The van der Waals surface area contributed by atoms with Crippen LogP contribution in [-0.4, -0.2) is 21.5 Å². The van der Waals surface area contributed by atoms with Gasteiger partial charge in [0.05, 0.1) is 6.20 Å². The topological polar surface area (TPSA) is 64.1 Å². The Morgan fingerprint density at radius 3 is 2.64 bits per heavy atom. The Bertz CT molecular complexity index is 299. The predicted octanol–water partition coefficient (Wildman–Crippen LogP) is 1.05. The van der Waals surface area contributed by atoms with E-state index in [0.717, 1.165) is 12.1 Å². The summed E-state index contributed by atoms with van der Waals surface area (Å²) in [6, 6.07) is 0. The van der Waals surface area contributed by atoms with E-state index in [1.165, 1.54) is 0 Å². The van der Waals surface area contributed by atoms with Crippen LogP contribution in [0.25, 0.3) is 0 Å². The molecule has 0 bridgehead atoms. The normalized spacial score (nSPS) is 12.0. The molecule has 1 rings (SSSR count). The van der Waals surface area contributed by atoms with E-state index >= 15 is 0 Å². The van der Waals surface area contributed by atoms with Crippen LogP contribution in [-0.2, 0) is 13.0 Å². The number of aliphatic hydroxyl groups is 1. The summed E-state index contributed by atoms with van der Waals surface area (Å²) in [5.41, 5.74) is 6.98. The van der Waals surface area contributed by atoms with E-state index in [4.69, 9.17) is 10.8 Å². The van der Waals surface area contributed by atoms with Crippen LogP contribution in [0.5, 0.6) is 0 Å². The zero-order chi connectivity index (χ0) is 10.8. The van der Waals surface area contributed by atoms with Crippen molar-refractivity contribution in [2.75, 3.05) is 12.3 Å². The number of rotatable bonds is 3. The van der Waals surface area contributed by atoms with Gasteiger partial charge in [-0.25, -0.2) is 4.68 Å². The molecule has 1 aromatic heterocycles. The smallest absolute Gasteiger partial charge is 0.124 e. The van der Waals surface area contributed by atoms with Gasteiger partial charge in [-0.2, -0.15) is 5.10 Å². The van der Waals surface area contributed by atoms with E-state index in [2.05, 4.69) is 25.9 Å². The third kappa shape index (κ3) is 2.73. The maximum atomic E-state index is 8.79. The number of aromatic nitrogens is 2. The highest BCUT2D eigenvalue weighted by Gasteiger charge is 2.15. The number of nitrogens with zero attached hydrogens (tertiary/aromatic N) is 2. The Morgan fingerprint density at radius 1 is 1.50 bits per heavy atom. The van der Waals surface area contributed by atoms with Gasteiger partial charge in [-0.15, -0.1) is 0 Å². The number of aliphatic hydroxyl groups excluding tert-OH is 1. The predicted molar refractivity (Wildman–Crippen MR) is 56.9 cm³/mol. The maximum Gasteiger partial charge on any atom is 0.124 e. The molecule has 0 aliphatic heterocycles. The van der Waals surface area contributed by atoms with Crippen LogP contribution in [0.1, 0.15) is 26.3 Å². The molecule has 0 amide bonds. The van der Waals surface area contributed by atoms with Crippen molar-refractivity contribution in [2.45, 2.75) is 33.7 Å². The molecule has 0 saturated heterocycles. The Morgan fingerprint density at radius 2 is 2.14 bits per heavy atom. The van der Waals surface area contributed by atoms with Gasteiger partial charge < -0.3 is 10.8 Å². The average Bonchev–Trinajstić information content (AvgIpc) is 2.34. The number of nitrogens with two attached hydrogens (primary N) is 1. The van der Waals surface area contributed by atoms with E-state index in [1.54, 1.807) is 10.9 Å². The molecule has 14 heavy (non-hydrogen) atoms. The molecule has 0 spiro atoms. The number of anilines is 1. The lowest BCUT2D eigenvalue weighted by Crippen LogP contribution is -2.18. The lowest BCUT2D eigenvalue weighted by molar-refractivity contribution is 0.299. The minimum Gasteiger partial charge on any atom is -0.396 e. The summed E-state index contributed by atoms with van der Waals surface area (Å²) in [5.74, 6) is 0.675. The van der Waals surface area contributed by atoms with Crippen molar-refractivity contribution in [3.05, 3.63) is 11.8 Å². The van der Waals surface area contributed by atoms with Crippen molar-refractivity contribution in [1.29, 1.82) is 0 Å². The zero-order valence-electron chi connectivity index (χ0n) is 9.12. The van der Waals surface area contributed by atoms with Crippen LogP contribution in [0.3, 0.4) is 0 Å². The van der Waals surface area contributed by atoms with Gasteiger partial charge in [0.25, 0.3) is 0 Å². The van der Waals surface area contributed by atoms with Gasteiger partial charge in [0.15, 0.2) is 0 Å². The van der Waals surface area contributed by atoms with Crippen LogP contribution in [0, 0.1) is 5.41 Å². The number of hydrogen-bond acceptors (Lipinski definition) is 3. The van der Waals surface area contributed by atoms with Gasteiger partial charge in [0.2, 0.25) is 0 Å². The van der Waals surface area contributed by atoms with Gasteiger partial charge in [0, 0.05) is 25.1 Å². The van der Waals surface area contributed by atoms with E-state index in [1.807, 2.05) is 0 Å². The van der Waals surface area contributed by atoms with Crippen LogP contribution < -0.4 is 5.73 Å². The molecule has 0 atom stereocenters. The van der Waals surface area contributed by atoms with E-state index in [-0.39, 0.29) is 12.0 Å². The van der Waals surface area contributed by atoms with Crippen molar-refractivity contribution >= 4 is 5.82 Å². The van der Waals surface area contributed by atoms with Crippen molar-refractivity contribution in [1.82, 2.24) is 9.78 Å². The Balaban J connectivity index is 2.79. The molecule has 1 heterocycles. The standard InChI is InChI=1S/C10H19N3O/c1-10(2,3)7-13-9(11)8(4-5-14)6-12-13/h6,14H,4-5,7,11H2,1-3H3. The summed E-state index contributed by atoms with van der Waals surface area (Å²) in [4.78, 5) is 0. The molecule has 0 unspecified atom stereocenters. The molecular weight excluding hydrogens is 178 g/mol. The summed E-state index contributed by atoms with van der Waals surface area (Å²) in [6.07, 6.45) is 2.31. The summed E-state index contributed by atoms with van der Waals surface area (Å²) >= 11 is 0. The van der Waals surface area contributed by atoms with Gasteiger partial charge in [-0.3, -0.25) is 0 Å². The van der Waals surface area contributed by atoms with Gasteiger partial charge in [-0.05, 0) is 5.41 Å². The Labute approximate surface area is 84.7 Å². The maximum absolute atomic E-state index is 8.79. The van der Waals surface area contributed by atoms with Gasteiger partial charge >= 0.3 is 0 Å². The molecule has 4 heteroatoms. The molecule has 1 aromatic rings. The first-order valence-corrected chi connectivity index (χ1v) is 4.85. The summed E-state index contributed by atoms with van der Waals surface area (Å²) in [5, 5.41) is 13.0. The van der Waals surface area contributed by atoms with Crippen LogP contribution in [0.15, 0.2) is 6.20 Å². The quantitative estimate of drug-likeness (QED) is 0.761. The summed E-state index contributed by atoms with van der Waals surface area (Å²) in [6.45, 7) is 7.33. The van der Waals surface area contributed by atoms with Crippen LogP contribution >= 0.6 is 0 Å². The lowest BCUT2D eigenvalue weighted by atomic mass is 9.97. The third-order valence-electron chi connectivity index (χ3n) is 1.97. The minimum atomic E-state index is 0.116. The second kappa shape index (κ2) is 4.00. The van der Waals surface area contributed by atoms with Crippen molar-refractivity contribution < 1.29 is 5.11 Å². The molecule has 0 saturated carbocycles.